The molecule has 4 aromatic rings. The van der Waals surface area contributed by atoms with E-state index in [0.717, 1.165) is 11.8 Å². The average Bonchev–Trinajstić information content (AvgIpc) is 3.17. The molecule has 0 saturated heterocycles. The summed E-state index contributed by atoms with van der Waals surface area (Å²) >= 11 is 7.38. The molecule has 0 atom stereocenters. The van der Waals surface area contributed by atoms with Crippen LogP contribution in [0.15, 0.2) is 69.2 Å². The minimum atomic E-state index is -0.533. The van der Waals surface area contributed by atoms with Crippen LogP contribution >= 0.6 is 23.4 Å². The molecule has 9 nitrogen and oxygen atoms in total. The highest BCUT2D eigenvalue weighted by Crippen LogP contribution is 2.28. The van der Waals surface area contributed by atoms with E-state index >= 15 is 0 Å². The number of aromatic hydroxyl groups is 3. The molecule has 164 valence electrons. The molecule has 0 aliphatic rings. The molecule has 2 heterocycles. The summed E-state index contributed by atoms with van der Waals surface area (Å²) in [5, 5.41) is 38.4. The van der Waals surface area contributed by atoms with Gasteiger partial charge in [-0.05, 0) is 24.3 Å². The number of rotatable bonds is 7. The molecular formula is C21H17ClN4O5S. The Morgan fingerprint density at radius 2 is 1.91 bits per heavy atom. The van der Waals surface area contributed by atoms with Gasteiger partial charge in [0.1, 0.15) is 23.5 Å². The minimum Gasteiger partial charge on any atom is -0.508 e. The molecule has 11 heteroatoms. The van der Waals surface area contributed by atoms with Crippen LogP contribution in [0.3, 0.4) is 0 Å². The number of benzene rings is 2. The largest absolute Gasteiger partial charge is 0.508 e. The number of hydrogen-bond acceptors (Lipinski definition) is 9. The number of phenolic OH excluding ortho intramolecular Hbond substituents is 2. The van der Waals surface area contributed by atoms with Gasteiger partial charge in [0.25, 0.3) is 0 Å². The standard InChI is InChI=1S/C21H17ClN4O5S/c22-14-3-1-2-12(6-14)20-24-25-21(32-11-16-8-18(29)19(30)10-31-16)26(20)23-9-13-4-5-15(27)7-17(13)28/h1-8,10,23,27-28,30H,9,11H2. The minimum absolute atomic E-state index is 0.0400. The summed E-state index contributed by atoms with van der Waals surface area (Å²) in [5.74, 6) is 0.542. The number of nitrogens with zero attached hydrogens (tertiary/aromatic N) is 3. The van der Waals surface area contributed by atoms with Crippen molar-refractivity contribution in [1.29, 1.82) is 0 Å². The topological polar surface area (TPSA) is 134 Å². The Hall–Kier alpha value is -3.63. The lowest BCUT2D eigenvalue weighted by Crippen LogP contribution is -2.17. The molecule has 0 amide bonds. The SMILES string of the molecule is O=c1cc(CSc2nnc(-c3cccc(Cl)c3)n2NCc2ccc(O)cc2O)occ1O. The zero-order valence-corrected chi connectivity index (χ0v) is 18.0. The van der Waals surface area contributed by atoms with Crippen LogP contribution in [-0.2, 0) is 12.3 Å². The maximum Gasteiger partial charge on any atom is 0.226 e. The summed E-state index contributed by atoms with van der Waals surface area (Å²) in [7, 11) is 0. The molecule has 4 rings (SSSR count). The molecule has 32 heavy (non-hydrogen) atoms. The predicted molar refractivity (Wildman–Crippen MR) is 120 cm³/mol. The number of thioether (sulfide) groups is 1. The number of nitrogens with one attached hydrogen (secondary N) is 1. The van der Waals surface area contributed by atoms with Crippen LogP contribution in [0.1, 0.15) is 11.3 Å². The fourth-order valence-corrected chi connectivity index (χ4v) is 3.83. The molecule has 2 aromatic carbocycles. The quantitative estimate of drug-likeness (QED) is 0.297. The van der Waals surface area contributed by atoms with E-state index in [4.69, 9.17) is 16.0 Å². The third kappa shape index (κ3) is 4.82. The molecular weight excluding hydrogens is 456 g/mol. The maximum atomic E-state index is 11.6. The lowest BCUT2D eigenvalue weighted by atomic mass is 10.2. The lowest BCUT2D eigenvalue weighted by Gasteiger charge is -2.14. The van der Waals surface area contributed by atoms with E-state index in [1.807, 2.05) is 6.07 Å². The molecule has 0 bridgehead atoms. The monoisotopic (exact) mass is 472 g/mol. The van der Waals surface area contributed by atoms with Crippen molar-refractivity contribution in [2.75, 3.05) is 5.43 Å². The maximum absolute atomic E-state index is 11.6. The highest BCUT2D eigenvalue weighted by atomic mass is 35.5. The molecule has 0 aliphatic heterocycles. The van der Waals surface area contributed by atoms with Crippen molar-refractivity contribution < 1.29 is 19.7 Å². The van der Waals surface area contributed by atoms with Gasteiger partial charge in [0.15, 0.2) is 11.6 Å². The fraction of sp³-hybridized carbons (Fsp3) is 0.0952. The number of halogens is 1. The Kier molecular flexibility index (Phi) is 6.24. The van der Waals surface area contributed by atoms with Gasteiger partial charge >= 0.3 is 0 Å². The van der Waals surface area contributed by atoms with E-state index < -0.39 is 11.2 Å². The van der Waals surface area contributed by atoms with Crippen molar-refractivity contribution in [2.45, 2.75) is 17.5 Å². The van der Waals surface area contributed by atoms with Gasteiger partial charge in [-0.1, -0.05) is 35.5 Å². The van der Waals surface area contributed by atoms with Crippen molar-refractivity contribution >= 4 is 23.4 Å². The van der Waals surface area contributed by atoms with E-state index in [9.17, 15) is 20.1 Å². The van der Waals surface area contributed by atoms with E-state index in [1.54, 1.807) is 28.9 Å². The second kappa shape index (κ2) is 9.25. The highest BCUT2D eigenvalue weighted by Gasteiger charge is 2.16. The fourth-order valence-electron chi connectivity index (χ4n) is 2.84. The Bertz CT molecular complexity index is 1320. The van der Waals surface area contributed by atoms with Crippen LogP contribution in [0.2, 0.25) is 5.02 Å². The van der Waals surface area contributed by atoms with Gasteiger partial charge in [-0.25, -0.2) is 4.68 Å². The number of hydrogen-bond donors (Lipinski definition) is 4. The third-order valence-electron chi connectivity index (χ3n) is 4.42. The molecule has 2 aromatic heterocycles. The first-order valence-electron chi connectivity index (χ1n) is 9.30. The Balaban J connectivity index is 1.63. The Labute approximate surface area is 190 Å². The Morgan fingerprint density at radius 1 is 1.06 bits per heavy atom. The van der Waals surface area contributed by atoms with E-state index in [2.05, 4.69) is 15.6 Å². The van der Waals surface area contributed by atoms with Gasteiger partial charge in [-0.15, -0.1) is 10.2 Å². The first-order valence-corrected chi connectivity index (χ1v) is 10.7. The average molecular weight is 473 g/mol. The van der Waals surface area contributed by atoms with E-state index in [-0.39, 0.29) is 23.8 Å². The highest BCUT2D eigenvalue weighted by molar-refractivity contribution is 7.98. The summed E-state index contributed by atoms with van der Waals surface area (Å²) in [6.45, 7) is 0.208. The van der Waals surface area contributed by atoms with Crippen LogP contribution in [0.25, 0.3) is 11.4 Å². The third-order valence-corrected chi connectivity index (χ3v) is 5.61. The first-order chi connectivity index (χ1) is 15.4. The van der Waals surface area contributed by atoms with Crippen molar-refractivity contribution in [3.05, 3.63) is 81.4 Å². The number of aromatic nitrogens is 3. The zero-order chi connectivity index (χ0) is 22.7. The normalized spacial score (nSPS) is 10.9. The van der Waals surface area contributed by atoms with Crippen molar-refractivity contribution in [1.82, 2.24) is 14.9 Å². The van der Waals surface area contributed by atoms with Crippen LogP contribution in [0, 0.1) is 0 Å². The van der Waals surface area contributed by atoms with Crippen molar-refractivity contribution in [3.8, 4) is 28.6 Å². The molecule has 4 N–H and O–H groups in total. The van der Waals surface area contributed by atoms with Gasteiger partial charge in [-0.3, -0.25) is 4.79 Å². The van der Waals surface area contributed by atoms with Gasteiger partial charge in [0, 0.05) is 28.3 Å². The van der Waals surface area contributed by atoms with Gasteiger partial charge in [-0.2, -0.15) is 0 Å². The van der Waals surface area contributed by atoms with Crippen molar-refractivity contribution in [3.63, 3.8) is 0 Å². The van der Waals surface area contributed by atoms with Crippen LogP contribution < -0.4 is 10.9 Å². The predicted octanol–water partition coefficient (Wildman–Crippen LogP) is 3.70. The zero-order valence-electron chi connectivity index (χ0n) is 16.4. The summed E-state index contributed by atoms with van der Waals surface area (Å²) in [6.07, 6.45) is 0.992. The summed E-state index contributed by atoms with van der Waals surface area (Å²) in [6, 6.07) is 12.7. The summed E-state index contributed by atoms with van der Waals surface area (Å²) < 4.78 is 6.88. The van der Waals surface area contributed by atoms with Crippen LogP contribution in [-0.4, -0.2) is 30.2 Å². The Morgan fingerprint density at radius 3 is 2.66 bits per heavy atom. The molecule has 0 spiro atoms. The van der Waals surface area contributed by atoms with E-state index in [1.165, 1.54) is 30.0 Å². The second-order valence-corrected chi connectivity index (χ2v) is 8.06. The molecule has 0 radical (unpaired) electrons. The smallest absolute Gasteiger partial charge is 0.226 e. The number of phenols is 2. The van der Waals surface area contributed by atoms with Gasteiger partial charge in [0.05, 0.1) is 12.3 Å². The summed E-state index contributed by atoms with van der Waals surface area (Å²) in [5.41, 5.74) is 3.90. The lowest BCUT2D eigenvalue weighted by molar-refractivity contribution is 0.419. The molecule has 0 saturated carbocycles. The molecule has 0 unspecified atom stereocenters. The van der Waals surface area contributed by atoms with Gasteiger partial charge < -0.3 is 25.2 Å². The van der Waals surface area contributed by atoms with Crippen molar-refractivity contribution in [2.24, 2.45) is 0 Å². The van der Waals surface area contributed by atoms with Crippen LogP contribution in [0.4, 0.5) is 0 Å². The summed E-state index contributed by atoms with van der Waals surface area (Å²) in [4.78, 5) is 11.6. The van der Waals surface area contributed by atoms with E-state index in [0.29, 0.717) is 27.3 Å². The van der Waals surface area contributed by atoms with Crippen LogP contribution in [0.5, 0.6) is 17.2 Å². The molecule has 0 fully saturated rings. The first kappa shape index (κ1) is 21.6. The van der Waals surface area contributed by atoms with Gasteiger partial charge in [0.2, 0.25) is 10.6 Å². The molecule has 0 aliphatic carbocycles. The second-order valence-electron chi connectivity index (χ2n) is 6.68.